The summed E-state index contributed by atoms with van der Waals surface area (Å²) in [5.74, 6) is 0.604. The van der Waals surface area contributed by atoms with E-state index in [-0.39, 0.29) is 5.56 Å². The fourth-order valence-electron chi connectivity index (χ4n) is 3.24. The lowest BCUT2D eigenvalue weighted by molar-refractivity contribution is 0.0698. The molecule has 1 aliphatic carbocycles. The molecule has 1 aromatic carbocycles. The first-order chi connectivity index (χ1) is 10.1. The van der Waals surface area contributed by atoms with Crippen molar-refractivity contribution in [1.29, 1.82) is 0 Å². The number of pyridine rings is 1. The molecule has 2 N–H and O–H groups in total. The Hall–Kier alpha value is -2.10. The molecule has 4 heteroatoms. The maximum absolute atomic E-state index is 11.3. The van der Waals surface area contributed by atoms with Gasteiger partial charge >= 0.3 is 5.97 Å². The van der Waals surface area contributed by atoms with E-state index in [9.17, 15) is 9.90 Å². The van der Waals surface area contributed by atoms with Crippen LogP contribution < -0.4 is 5.32 Å². The zero-order valence-corrected chi connectivity index (χ0v) is 12.2. The van der Waals surface area contributed by atoms with Crippen LogP contribution in [0, 0.1) is 5.92 Å². The van der Waals surface area contributed by atoms with Crippen LogP contribution in [0.1, 0.15) is 43.0 Å². The van der Waals surface area contributed by atoms with Gasteiger partial charge in [-0.3, -0.25) is 0 Å². The van der Waals surface area contributed by atoms with Gasteiger partial charge in [0.2, 0.25) is 0 Å². The van der Waals surface area contributed by atoms with Crippen LogP contribution in [-0.4, -0.2) is 22.1 Å². The maximum atomic E-state index is 11.3. The van der Waals surface area contributed by atoms with Crippen molar-refractivity contribution in [2.24, 2.45) is 5.92 Å². The molecule has 1 fully saturated rings. The number of carboxylic acid groups (broad SMARTS) is 1. The van der Waals surface area contributed by atoms with Gasteiger partial charge in [0.25, 0.3) is 0 Å². The van der Waals surface area contributed by atoms with E-state index < -0.39 is 5.97 Å². The quantitative estimate of drug-likeness (QED) is 0.896. The molecule has 0 bridgehead atoms. The molecule has 110 valence electrons. The van der Waals surface area contributed by atoms with E-state index in [4.69, 9.17) is 0 Å². The zero-order chi connectivity index (χ0) is 14.8. The normalized spacial score (nSPS) is 22.1. The Morgan fingerprint density at radius 3 is 2.76 bits per heavy atom. The molecule has 3 rings (SSSR count). The minimum Gasteiger partial charge on any atom is -0.478 e. The number of aromatic carboxylic acids is 1. The molecule has 1 aromatic heterocycles. The van der Waals surface area contributed by atoms with Gasteiger partial charge in [-0.2, -0.15) is 0 Å². The van der Waals surface area contributed by atoms with Crippen molar-refractivity contribution in [3.05, 3.63) is 36.0 Å². The molecule has 1 aliphatic rings. The second kappa shape index (κ2) is 5.72. The third kappa shape index (κ3) is 2.84. The third-order valence-corrected chi connectivity index (χ3v) is 4.30. The highest BCUT2D eigenvalue weighted by molar-refractivity contribution is 6.06. The minimum absolute atomic E-state index is 0.258. The van der Waals surface area contributed by atoms with Gasteiger partial charge in [0, 0.05) is 23.0 Å². The van der Waals surface area contributed by atoms with Gasteiger partial charge < -0.3 is 10.4 Å². The van der Waals surface area contributed by atoms with Crippen LogP contribution in [0.15, 0.2) is 30.5 Å². The van der Waals surface area contributed by atoms with Crippen LogP contribution in [-0.2, 0) is 0 Å². The number of nitrogens with one attached hydrogen (secondary N) is 1. The summed E-state index contributed by atoms with van der Waals surface area (Å²) in [6.45, 7) is 2.28. The molecule has 0 amide bonds. The predicted molar refractivity (Wildman–Crippen MR) is 83.7 cm³/mol. The first-order valence-electron chi connectivity index (χ1n) is 7.52. The van der Waals surface area contributed by atoms with Crippen molar-refractivity contribution >= 4 is 22.6 Å². The van der Waals surface area contributed by atoms with E-state index in [1.807, 2.05) is 24.3 Å². The SMILES string of the molecule is CC1CCCC(Nc2ncc(C(=O)O)c3ccccc23)C1. The van der Waals surface area contributed by atoms with Crippen molar-refractivity contribution < 1.29 is 9.90 Å². The van der Waals surface area contributed by atoms with Crippen LogP contribution >= 0.6 is 0 Å². The van der Waals surface area contributed by atoms with E-state index in [0.29, 0.717) is 6.04 Å². The van der Waals surface area contributed by atoms with Crippen molar-refractivity contribution in [1.82, 2.24) is 4.98 Å². The molecule has 0 radical (unpaired) electrons. The molecule has 0 saturated heterocycles. The van der Waals surface area contributed by atoms with Gasteiger partial charge in [-0.1, -0.05) is 44.0 Å². The van der Waals surface area contributed by atoms with Crippen LogP contribution in [0.2, 0.25) is 0 Å². The van der Waals surface area contributed by atoms with Crippen LogP contribution in [0.25, 0.3) is 10.8 Å². The number of aromatic nitrogens is 1. The fourth-order valence-corrected chi connectivity index (χ4v) is 3.24. The lowest BCUT2D eigenvalue weighted by Crippen LogP contribution is -2.26. The van der Waals surface area contributed by atoms with Gasteiger partial charge in [-0.25, -0.2) is 9.78 Å². The summed E-state index contributed by atoms with van der Waals surface area (Å²) in [6, 6.07) is 7.99. The van der Waals surface area contributed by atoms with Gasteiger partial charge in [0.05, 0.1) is 5.56 Å². The highest BCUT2D eigenvalue weighted by atomic mass is 16.4. The first kappa shape index (κ1) is 13.9. The molecular formula is C17H20N2O2. The second-order valence-electron chi connectivity index (χ2n) is 5.98. The van der Waals surface area contributed by atoms with E-state index in [1.54, 1.807) is 0 Å². The molecule has 21 heavy (non-hydrogen) atoms. The number of carboxylic acids is 1. The Bertz CT molecular complexity index is 669. The number of hydrogen-bond donors (Lipinski definition) is 2. The lowest BCUT2D eigenvalue weighted by atomic mass is 9.87. The summed E-state index contributed by atoms with van der Waals surface area (Å²) < 4.78 is 0. The van der Waals surface area contributed by atoms with Gasteiger partial charge in [-0.05, 0) is 18.8 Å². The molecule has 1 heterocycles. The van der Waals surface area contributed by atoms with Crippen molar-refractivity contribution in [3.8, 4) is 0 Å². The Morgan fingerprint density at radius 1 is 1.29 bits per heavy atom. The molecule has 0 aliphatic heterocycles. The van der Waals surface area contributed by atoms with Gasteiger partial charge in [0.1, 0.15) is 5.82 Å². The average Bonchev–Trinajstić information content (AvgIpc) is 2.47. The van der Waals surface area contributed by atoms with E-state index in [0.717, 1.165) is 35.3 Å². The summed E-state index contributed by atoms with van der Waals surface area (Å²) in [5.41, 5.74) is 0.258. The number of nitrogens with zero attached hydrogens (tertiary/aromatic N) is 1. The van der Waals surface area contributed by atoms with E-state index in [1.165, 1.54) is 19.0 Å². The van der Waals surface area contributed by atoms with Crippen molar-refractivity contribution in [2.75, 3.05) is 5.32 Å². The van der Waals surface area contributed by atoms with Crippen LogP contribution in [0.5, 0.6) is 0 Å². The standard InChI is InChI=1S/C17H20N2O2/c1-11-5-4-6-12(9-11)19-16-14-8-3-2-7-13(14)15(10-18-16)17(20)21/h2-3,7-8,10-12H,4-6,9H2,1H3,(H,18,19)(H,20,21). The summed E-state index contributed by atoms with van der Waals surface area (Å²) in [4.78, 5) is 15.7. The Morgan fingerprint density at radius 2 is 2.05 bits per heavy atom. The fraction of sp³-hybridized carbons (Fsp3) is 0.412. The van der Waals surface area contributed by atoms with Gasteiger partial charge in [-0.15, -0.1) is 0 Å². The molecule has 1 saturated carbocycles. The summed E-state index contributed by atoms with van der Waals surface area (Å²) in [7, 11) is 0. The third-order valence-electron chi connectivity index (χ3n) is 4.30. The number of anilines is 1. The summed E-state index contributed by atoms with van der Waals surface area (Å²) >= 11 is 0. The second-order valence-corrected chi connectivity index (χ2v) is 5.98. The minimum atomic E-state index is -0.934. The molecule has 2 aromatic rings. The molecule has 2 unspecified atom stereocenters. The average molecular weight is 284 g/mol. The van der Waals surface area contributed by atoms with E-state index in [2.05, 4.69) is 17.2 Å². The maximum Gasteiger partial charge on any atom is 0.337 e. The summed E-state index contributed by atoms with van der Waals surface area (Å²) in [5, 5.41) is 14.4. The zero-order valence-electron chi connectivity index (χ0n) is 12.2. The number of fused-ring (bicyclic) bond motifs is 1. The monoisotopic (exact) mass is 284 g/mol. The Labute approximate surface area is 124 Å². The lowest BCUT2D eigenvalue weighted by Gasteiger charge is -2.28. The van der Waals surface area contributed by atoms with Gasteiger partial charge in [0.15, 0.2) is 0 Å². The van der Waals surface area contributed by atoms with Crippen molar-refractivity contribution in [2.45, 2.75) is 38.6 Å². The van der Waals surface area contributed by atoms with Crippen LogP contribution in [0.4, 0.5) is 5.82 Å². The van der Waals surface area contributed by atoms with E-state index >= 15 is 0 Å². The number of carbonyl (C=O) groups is 1. The molecular weight excluding hydrogens is 264 g/mol. The highest BCUT2D eigenvalue weighted by Crippen LogP contribution is 2.29. The predicted octanol–water partition coefficient (Wildman–Crippen LogP) is 3.92. The molecule has 2 atom stereocenters. The molecule has 0 spiro atoms. The smallest absolute Gasteiger partial charge is 0.337 e. The first-order valence-corrected chi connectivity index (χ1v) is 7.52. The largest absolute Gasteiger partial charge is 0.478 e. The number of rotatable bonds is 3. The van der Waals surface area contributed by atoms with Crippen LogP contribution in [0.3, 0.4) is 0 Å². The number of hydrogen-bond acceptors (Lipinski definition) is 3. The summed E-state index contributed by atoms with van der Waals surface area (Å²) in [6.07, 6.45) is 6.30. The van der Waals surface area contributed by atoms with Crippen molar-refractivity contribution in [3.63, 3.8) is 0 Å². The Balaban J connectivity index is 1.96. The Kier molecular flexibility index (Phi) is 3.78. The number of benzene rings is 1. The topological polar surface area (TPSA) is 62.2 Å². The molecule has 4 nitrogen and oxygen atoms in total. The highest BCUT2D eigenvalue weighted by Gasteiger charge is 2.20.